The molecule has 0 saturated heterocycles. The first-order chi connectivity index (χ1) is 16.2. The summed E-state index contributed by atoms with van der Waals surface area (Å²) in [5.74, 6) is 0.182. The lowest BCUT2D eigenvalue weighted by molar-refractivity contribution is -0.144. The van der Waals surface area contributed by atoms with E-state index in [-0.39, 0.29) is 11.5 Å². The Balaban J connectivity index is 1.76. The third kappa shape index (κ3) is 5.44. The van der Waals surface area contributed by atoms with Crippen molar-refractivity contribution in [1.82, 2.24) is 9.66 Å². The lowest BCUT2D eigenvalue weighted by Gasteiger charge is -2.22. The van der Waals surface area contributed by atoms with Gasteiger partial charge in [-0.15, -0.1) is 0 Å². The van der Waals surface area contributed by atoms with Crippen LogP contribution in [0.15, 0.2) is 53.6 Å². The molecule has 2 aromatic carbocycles. The van der Waals surface area contributed by atoms with Gasteiger partial charge in [-0.25, -0.2) is 9.78 Å². The molecule has 7 nitrogen and oxygen atoms in total. The largest absolute Gasteiger partial charge is 0.479 e. The number of ether oxygens (including phenoxy) is 1. The molecule has 3 aromatic rings. The highest BCUT2D eigenvalue weighted by molar-refractivity contribution is 9.11. The minimum atomic E-state index is -1.06. The molecule has 4 rings (SSSR count). The summed E-state index contributed by atoms with van der Waals surface area (Å²) in [5.41, 5.74) is 1.15. The van der Waals surface area contributed by atoms with Crippen molar-refractivity contribution >= 4 is 70.9 Å². The van der Waals surface area contributed by atoms with Gasteiger partial charge < -0.3 is 9.84 Å². The van der Waals surface area contributed by atoms with Gasteiger partial charge in [0.2, 0.25) is 0 Å². The second-order valence-electron chi connectivity index (χ2n) is 8.24. The van der Waals surface area contributed by atoms with Crippen molar-refractivity contribution in [1.29, 1.82) is 0 Å². The van der Waals surface area contributed by atoms with E-state index < -0.39 is 12.1 Å². The Morgan fingerprint density at radius 3 is 2.50 bits per heavy atom. The van der Waals surface area contributed by atoms with Crippen molar-refractivity contribution in [2.45, 2.75) is 51.0 Å². The Hall–Kier alpha value is -2.04. The predicted molar refractivity (Wildman–Crippen MR) is 142 cm³/mol. The molecule has 0 bridgehead atoms. The fourth-order valence-corrected chi connectivity index (χ4v) is 5.79. The van der Waals surface area contributed by atoms with Gasteiger partial charge in [0, 0.05) is 10.4 Å². The van der Waals surface area contributed by atoms with Gasteiger partial charge in [-0.3, -0.25) is 4.79 Å². The van der Waals surface area contributed by atoms with Gasteiger partial charge >= 0.3 is 5.97 Å². The van der Waals surface area contributed by atoms with Gasteiger partial charge in [-0.05, 0) is 87.5 Å². The predicted octanol–water partition coefficient (Wildman–Crippen LogP) is 6.47. The van der Waals surface area contributed by atoms with E-state index in [9.17, 15) is 9.59 Å². The van der Waals surface area contributed by atoms with Gasteiger partial charge in [-0.1, -0.05) is 35.2 Å². The molecule has 0 unspecified atom stereocenters. The molecule has 10 heteroatoms. The summed E-state index contributed by atoms with van der Waals surface area (Å²) < 4.78 is 8.88. The summed E-state index contributed by atoms with van der Waals surface area (Å²) in [4.78, 5) is 29.4. The van der Waals surface area contributed by atoms with Crippen LogP contribution < -0.4 is 10.3 Å². The Morgan fingerprint density at radius 1 is 1.18 bits per heavy atom. The van der Waals surface area contributed by atoms with Crippen LogP contribution in [0.3, 0.4) is 0 Å². The molecule has 1 saturated carbocycles. The number of rotatable bonds is 6. The van der Waals surface area contributed by atoms with E-state index in [0.717, 1.165) is 30.2 Å². The smallest absolute Gasteiger partial charge is 0.344 e. The molecule has 0 spiro atoms. The van der Waals surface area contributed by atoms with Gasteiger partial charge in [0.05, 0.1) is 26.1 Å². The average Bonchev–Trinajstić information content (AvgIpc) is 2.81. The zero-order valence-corrected chi connectivity index (χ0v) is 23.1. The molecule has 0 amide bonds. The van der Waals surface area contributed by atoms with E-state index >= 15 is 0 Å². The molecule has 0 aliphatic heterocycles. The number of nitrogens with zero attached hydrogens (tertiary/aromatic N) is 3. The van der Waals surface area contributed by atoms with Crippen molar-refractivity contribution < 1.29 is 14.6 Å². The molecule has 1 fully saturated rings. The number of carbonyl (C=O) groups is 1. The number of benzene rings is 2. The van der Waals surface area contributed by atoms with Crippen LogP contribution in [0.5, 0.6) is 5.75 Å². The van der Waals surface area contributed by atoms with Gasteiger partial charge in [0.15, 0.2) is 6.10 Å². The Bertz CT molecular complexity index is 1310. The second-order valence-corrected chi connectivity index (χ2v) is 10.9. The first-order valence-corrected chi connectivity index (χ1v) is 13.3. The number of carboxylic acids is 1. The van der Waals surface area contributed by atoms with Crippen LogP contribution in [0.25, 0.3) is 10.9 Å². The highest BCUT2D eigenvalue weighted by Gasteiger charge is 2.23. The molecule has 1 aliphatic rings. The van der Waals surface area contributed by atoms with Crippen molar-refractivity contribution in [2.24, 2.45) is 5.10 Å². The maximum Gasteiger partial charge on any atom is 0.344 e. The number of halogens is 3. The van der Waals surface area contributed by atoms with Crippen LogP contribution >= 0.6 is 47.8 Å². The van der Waals surface area contributed by atoms with Crippen LogP contribution in [0.4, 0.5) is 0 Å². The minimum absolute atomic E-state index is 0.179. The molecule has 34 heavy (non-hydrogen) atoms. The first kappa shape index (κ1) is 25.1. The fraction of sp³-hybridized carbons (Fsp3) is 0.333. The monoisotopic (exact) mass is 653 g/mol. The molecule has 1 N–H and O–H groups in total. The maximum absolute atomic E-state index is 13.4. The van der Waals surface area contributed by atoms with Crippen LogP contribution in [0.1, 0.15) is 56.3 Å². The number of aromatic nitrogens is 2. The molecule has 0 radical (unpaired) electrons. The van der Waals surface area contributed by atoms with Crippen molar-refractivity contribution in [3.05, 3.63) is 65.5 Å². The van der Waals surface area contributed by atoms with Gasteiger partial charge in [-0.2, -0.15) is 9.78 Å². The topological polar surface area (TPSA) is 93.8 Å². The zero-order chi connectivity index (χ0) is 24.4. The van der Waals surface area contributed by atoms with E-state index in [1.165, 1.54) is 18.0 Å². The Morgan fingerprint density at radius 2 is 1.85 bits per heavy atom. The van der Waals surface area contributed by atoms with Gasteiger partial charge in [0.25, 0.3) is 5.56 Å². The summed E-state index contributed by atoms with van der Waals surface area (Å²) in [6.07, 6.45) is 5.97. The minimum Gasteiger partial charge on any atom is -0.479 e. The zero-order valence-electron chi connectivity index (χ0n) is 18.3. The fourth-order valence-electron chi connectivity index (χ4n) is 4.02. The van der Waals surface area contributed by atoms with Gasteiger partial charge in [0.1, 0.15) is 11.6 Å². The first-order valence-electron chi connectivity index (χ1n) is 10.9. The van der Waals surface area contributed by atoms with Crippen LogP contribution in [-0.2, 0) is 4.79 Å². The molecule has 1 atom stereocenters. The highest BCUT2D eigenvalue weighted by Crippen LogP contribution is 2.35. The average molecular weight is 656 g/mol. The molecular formula is C24H22Br3N3O4. The third-order valence-electron chi connectivity index (χ3n) is 5.79. The summed E-state index contributed by atoms with van der Waals surface area (Å²) in [5, 5.41) is 14.2. The Kier molecular flexibility index (Phi) is 7.89. The SMILES string of the molecule is C[C@@H](Oc1c(Br)cc(C=Nn2c(C3CCCCC3)nc3ccc(Br)cc3c2=O)cc1Br)C(=O)O. The Labute approximate surface area is 221 Å². The van der Waals surface area contributed by atoms with Crippen LogP contribution in [0.2, 0.25) is 0 Å². The number of hydrogen-bond acceptors (Lipinski definition) is 5. The summed E-state index contributed by atoms with van der Waals surface area (Å²) in [6.45, 7) is 1.46. The lowest BCUT2D eigenvalue weighted by Crippen LogP contribution is -2.25. The molecule has 1 heterocycles. The van der Waals surface area contributed by atoms with Crippen molar-refractivity contribution in [3.8, 4) is 5.75 Å². The molecule has 1 aromatic heterocycles. The van der Waals surface area contributed by atoms with Crippen LogP contribution in [-0.4, -0.2) is 33.1 Å². The molecule has 178 valence electrons. The van der Waals surface area contributed by atoms with E-state index in [4.69, 9.17) is 14.8 Å². The lowest BCUT2D eigenvalue weighted by atomic mass is 9.88. The number of fused-ring (bicyclic) bond motifs is 1. The van der Waals surface area contributed by atoms with Crippen molar-refractivity contribution in [2.75, 3.05) is 0 Å². The third-order valence-corrected chi connectivity index (χ3v) is 7.46. The van der Waals surface area contributed by atoms with E-state index in [0.29, 0.717) is 37.0 Å². The summed E-state index contributed by atoms with van der Waals surface area (Å²) >= 11 is 10.3. The van der Waals surface area contributed by atoms with E-state index in [1.54, 1.807) is 24.4 Å². The summed E-state index contributed by atoms with van der Waals surface area (Å²) in [7, 11) is 0. The van der Waals surface area contributed by atoms with Crippen molar-refractivity contribution in [3.63, 3.8) is 0 Å². The molecule has 1 aliphatic carbocycles. The molecular weight excluding hydrogens is 634 g/mol. The summed E-state index contributed by atoms with van der Waals surface area (Å²) in [6, 6.07) is 9.02. The number of hydrogen-bond donors (Lipinski definition) is 1. The number of aliphatic carboxylic acids is 1. The second kappa shape index (κ2) is 10.7. The normalized spacial score (nSPS) is 15.6. The van der Waals surface area contributed by atoms with E-state index in [1.807, 2.05) is 12.1 Å². The number of carboxylic acid groups (broad SMARTS) is 1. The van der Waals surface area contributed by atoms with Crippen LogP contribution in [0, 0.1) is 0 Å². The quantitative estimate of drug-likeness (QED) is 0.308. The standard InChI is InChI=1S/C24H22Br3N3O4/c1-13(24(32)33)34-21-18(26)9-14(10-19(21)27)12-28-30-22(15-5-3-2-4-6-15)29-20-8-7-16(25)11-17(20)23(30)31/h7-13,15H,2-6H2,1H3,(H,32,33)/t13-/m1/s1. The highest BCUT2D eigenvalue weighted by atomic mass is 79.9. The van der Waals surface area contributed by atoms with E-state index in [2.05, 4.69) is 52.9 Å². The maximum atomic E-state index is 13.4.